The van der Waals surface area contributed by atoms with Crippen LogP contribution in [0.4, 0.5) is 0 Å². The van der Waals surface area contributed by atoms with Gasteiger partial charge in [-0.3, -0.25) is 94.2 Å². The number of carboxylic acids is 1. The van der Waals surface area contributed by atoms with Crippen LogP contribution in [-0.4, -0.2) is 258 Å². The average Bonchev–Trinajstić information content (AvgIpc) is 0.850. The highest BCUT2D eigenvalue weighted by atomic mass is 16.4. The minimum atomic E-state index is -1.94. The number of carbonyl (C=O) groups excluding carboxylic acids is 14. The zero-order valence-electron chi connectivity index (χ0n) is 66.6. The lowest BCUT2D eigenvalue weighted by atomic mass is 10.0. The van der Waals surface area contributed by atoms with Crippen molar-refractivity contribution >= 4 is 118 Å². The van der Waals surface area contributed by atoms with Gasteiger partial charge in [0.25, 0.3) is 0 Å². The van der Waals surface area contributed by atoms with Gasteiger partial charge in [0.15, 0.2) is 29.8 Å². The van der Waals surface area contributed by atoms with E-state index in [-0.39, 0.29) is 146 Å². The number of phenolic OH excluding ortho intramolecular Hbond substituents is 1. The molecule has 0 aliphatic carbocycles. The number of primary amides is 2. The second-order valence-electron chi connectivity index (χ2n) is 27.6. The van der Waals surface area contributed by atoms with Gasteiger partial charge in [0.2, 0.25) is 82.7 Å². The smallest absolute Gasteiger partial charge is 0.326 e. The molecule has 0 aromatic heterocycles. The molecule has 49 nitrogen and oxygen atoms in total. The molecule has 0 aliphatic heterocycles. The monoisotopic (exact) mass is 1670 g/mol. The number of rotatable bonds is 60. The molecule has 13 atom stereocenters. The number of nitrogens with two attached hydrogens (primary N) is 9. The maximum absolute atomic E-state index is 14.8. The summed E-state index contributed by atoms with van der Waals surface area (Å²) in [4.78, 5) is 207. The second-order valence-corrected chi connectivity index (χ2v) is 27.6. The Morgan fingerprint density at radius 2 is 0.686 bits per heavy atom. The molecule has 118 heavy (non-hydrogen) atoms. The first-order chi connectivity index (χ1) is 55.6. The molecule has 0 saturated carbocycles. The van der Waals surface area contributed by atoms with Crippen LogP contribution in [0.1, 0.15) is 148 Å². The van der Waals surface area contributed by atoms with Crippen LogP contribution in [0.15, 0.2) is 24.3 Å². The third-order valence-corrected chi connectivity index (χ3v) is 17.5. The number of aliphatic hydroxyl groups excluding tert-OH is 1. The molecule has 0 saturated heterocycles. The summed E-state index contributed by atoms with van der Waals surface area (Å²) in [5.41, 5.74) is 50.0. The largest absolute Gasteiger partial charge is 0.508 e. The molecule has 0 unspecified atom stereocenters. The van der Waals surface area contributed by atoms with Gasteiger partial charge in [0.05, 0.1) is 19.1 Å². The molecule has 49 heteroatoms. The molecule has 0 bridgehead atoms. The Balaban J connectivity index is 3.89. The van der Waals surface area contributed by atoms with Crippen molar-refractivity contribution in [3.63, 3.8) is 0 Å². The average molecular weight is 1670 g/mol. The summed E-state index contributed by atoms with van der Waals surface area (Å²) in [6.45, 7) is 3.76. The van der Waals surface area contributed by atoms with Crippen molar-refractivity contribution in [1.29, 1.82) is 27.0 Å². The molecule has 0 spiro atoms. The lowest BCUT2D eigenvalue weighted by Gasteiger charge is -2.28. The molecule has 1 rings (SSSR count). The van der Waals surface area contributed by atoms with E-state index in [9.17, 15) is 87.2 Å². The Hall–Kier alpha value is -12.7. The molecule has 0 heterocycles. The van der Waals surface area contributed by atoms with Gasteiger partial charge in [-0.25, -0.2) is 4.79 Å². The fourth-order valence-electron chi connectivity index (χ4n) is 11.1. The number of unbranched alkanes of at least 4 members (excludes halogenated alkanes) is 2. The van der Waals surface area contributed by atoms with Gasteiger partial charge in [-0.15, -0.1) is 0 Å². The van der Waals surface area contributed by atoms with Crippen molar-refractivity contribution in [3.05, 3.63) is 29.8 Å². The SMILES string of the molecule is CCCC[C@H](NC(=O)[C@H](CCCNC(=N)N)NC(=O)[C@H](CCCNC(=N)N)NC(=O)[C@H](CCCCN)NC(=O)[C@H](C)NC(=O)[C@H](CCCNC(=N)N)NC(=O)CNC(=O)[C@@H](N)[C@@H](C)O)C(=O)N[C@@H](CCC(N)=O)C(=O)N[C@@H](Cc1ccc(O)cc1)C(=O)N[C@@H](CC(N)=O)C(=O)N[C@@H](CCCNC(=N)N)C(=O)N[C@@H](CCCNC(=N)N)C(=O)O. The number of aliphatic carboxylic acids is 1. The summed E-state index contributed by atoms with van der Waals surface area (Å²) in [6, 6.07) is -13.9. The van der Waals surface area contributed by atoms with E-state index in [0.717, 1.165) is 0 Å². The molecule has 0 aliphatic rings. The highest BCUT2D eigenvalue weighted by molar-refractivity contribution is 6.00. The highest BCUT2D eigenvalue weighted by Gasteiger charge is 2.37. The predicted molar refractivity (Wildman–Crippen MR) is 429 cm³/mol. The van der Waals surface area contributed by atoms with Gasteiger partial charge in [-0.05, 0) is 134 Å². The number of guanidine groups is 5. The normalized spacial score (nSPS) is 14.1. The van der Waals surface area contributed by atoms with Gasteiger partial charge in [-0.2, -0.15) is 0 Å². The number of amides is 14. The maximum atomic E-state index is 14.8. The summed E-state index contributed by atoms with van der Waals surface area (Å²) >= 11 is 0. The Kier molecular flexibility index (Phi) is 49.5. The minimum Gasteiger partial charge on any atom is -0.508 e. The molecule has 14 amide bonds. The van der Waals surface area contributed by atoms with Gasteiger partial charge < -0.3 is 157 Å². The lowest BCUT2D eigenvalue weighted by Crippen LogP contribution is -2.61. The van der Waals surface area contributed by atoms with Crippen molar-refractivity contribution < 1.29 is 87.2 Å². The topological polar surface area (TPSA) is 875 Å². The van der Waals surface area contributed by atoms with Gasteiger partial charge in [0.1, 0.15) is 78.3 Å². The molecule has 1 aromatic rings. The molecular formula is C69H123N31O18. The van der Waals surface area contributed by atoms with Gasteiger partial charge >= 0.3 is 5.97 Å². The zero-order valence-corrected chi connectivity index (χ0v) is 66.6. The van der Waals surface area contributed by atoms with Crippen molar-refractivity contribution in [2.24, 2.45) is 51.6 Å². The van der Waals surface area contributed by atoms with Crippen molar-refractivity contribution in [3.8, 4) is 5.75 Å². The van der Waals surface area contributed by atoms with Crippen LogP contribution in [0.25, 0.3) is 0 Å². The highest BCUT2D eigenvalue weighted by Crippen LogP contribution is 2.15. The summed E-state index contributed by atoms with van der Waals surface area (Å²) < 4.78 is 0. The van der Waals surface area contributed by atoms with E-state index in [1.54, 1.807) is 6.92 Å². The summed E-state index contributed by atoms with van der Waals surface area (Å²) in [5.74, 6) is -18.2. The fourth-order valence-corrected chi connectivity index (χ4v) is 11.1. The van der Waals surface area contributed by atoms with Crippen molar-refractivity contribution in [2.45, 2.75) is 228 Å². The number of carbonyl (C=O) groups is 15. The fraction of sp³-hybridized carbons (Fsp3) is 0.623. The lowest BCUT2D eigenvalue weighted by molar-refractivity contribution is -0.142. The number of aliphatic hydroxyl groups is 1. The van der Waals surface area contributed by atoms with Crippen LogP contribution < -0.4 is 142 Å². The molecular weight excluding hydrogens is 1550 g/mol. The first kappa shape index (κ1) is 103. The Morgan fingerprint density at radius 3 is 1.04 bits per heavy atom. The second kappa shape index (κ2) is 56.5. The van der Waals surface area contributed by atoms with Crippen LogP contribution in [0.2, 0.25) is 0 Å². The van der Waals surface area contributed by atoms with Crippen LogP contribution in [0.5, 0.6) is 5.75 Å². The molecule has 662 valence electrons. The van der Waals surface area contributed by atoms with E-state index in [0.29, 0.717) is 12.8 Å². The quantitative estimate of drug-likeness (QED) is 0.0164. The van der Waals surface area contributed by atoms with E-state index in [1.807, 2.05) is 0 Å². The van der Waals surface area contributed by atoms with E-state index < -0.39 is 223 Å². The summed E-state index contributed by atoms with van der Waals surface area (Å²) in [5, 5.41) is 110. The number of hydrogen-bond acceptors (Lipinski definition) is 24. The standard InChI is InChI=1S/C69H123N31O18/c1-4-5-13-40(55(108)97-45(24-25-49(71)103)60(113)99-47(32-37-20-22-38(102)23-21-37)61(114)100-48(33-50(72)104)62(115)96-44(18-11-30-87-68(80)81)59(112)98-46(64(117)118)19-12-31-88-69(82)83)93-57(110)42(16-9-28-85-66(76)77)95-58(111)43(17-10-29-86-67(78)79)94-56(109)41(14-6-7-26-70)92-53(106)35(2)90-54(107)39(15-8-27-84-65(74)75)91-51(105)34-89-63(116)52(73)36(3)101/h20-23,35-36,39-48,52,101-102H,4-19,24-34,70,73H2,1-3H3,(H2,71,103)(H2,72,104)(H,89,116)(H,90,107)(H,91,105)(H,92,106)(H,93,110)(H,94,109)(H,95,111)(H,96,115)(H,97,108)(H,98,112)(H,99,113)(H,100,114)(H,117,118)(H4,74,75,84)(H4,76,77,85)(H4,78,79,86)(H4,80,81,87)(H4,82,83,88)/t35-,36+,39-,40-,41-,42-,43-,44-,45-,46-,47-,48-,52-/m0/s1. The summed E-state index contributed by atoms with van der Waals surface area (Å²) in [7, 11) is 0. The van der Waals surface area contributed by atoms with Crippen LogP contribution >= 0.6 is 0 Å². The van der Waals surface area contributed by atoms with E-state index in [2.05, 4.69) is 90.4 Å². The third-order valence-electron chi connectivity index (χ3n) is 17.5. The predicted octanol–water partition coefficient (Wildman–Crippen LogP) is -11.0. The van der Waals surface area contributed by atoms with Crippen LogP contribution in [-0.2, 0) is 78.3 Å². The Bertz CT molecular complexity index is 3560. The van der Waals surface area contributed by atoms with E-state index >= 15 is 0 Å². The van der Waals surface area contributed by atoms with E-state index in [1.165, 1.54) is 38.1 Å². The number of carboxylic acid groups (broad SMARTS) is 1. The minimum absolute atomic E-state index is 0.00447. The van der Waals surface area contributed by atoms with Gasteiger partial charge in [0, 0.05) is 45.6 Å². The Labute approximate surface area is 681 Å². The number of nitrogens with one attached hydrogen (secondary N) is 22. The number of aromatic hydroxyl groups is 1. The first-order valence-electron chi connectivity index (χ1n) is 38.3. The molecule has 0 fully saturated rings. The third kappa shape index (κ3) is 44.8. The van der Waals surface area contributed by atoms with Crippen molar-refractivity contribution in [2.75, 3.05) is 45.8 Å². The Morgan fingerprint density at radius 1 is 0.373 bits per heavy atom. The molecule has 1 aromatic carbocycles. The number of hydrogen-bond donors (Lipinski definition) is 34. The van der Waals surface area contributed by atoms with Gasteiger partial charge in [-0.1, -0.05) is 31.9 Å². The van der Waals surface area contributed by atoms with Crippen molar-refractivity contribution in [1.82, 2.24) is 90.4 Å². The summed E-state index contributed by atoms with van der Waals surface area (Å²) in [6.07, 6.45) is -3.67. The van der Waals surface area contributed by atoms with Crippen LogP contribution in [0.3, 0.4) is 0 Å². The van der Waals surface area contributed by atoms with Crippen LogP contribution in [0, 0.1) is 27.0 Å². The first-order valence-corrected chi connectivity index (χ1v) is 38.3. The van der Waals surface area contributed by atoms with E-state index in [4.69, 9.17) is 78.6 Å². The number of benzene rings is 1. The zero-order chi connectivity index (χ0) is 89.1. The maximum Gasteiger partial charge on any atom is 0.326 e. The molecule has 43 N–H and O–H groups in total. The molecule has 0 radical (unpaired) electrons. The number of phenols is 1.